The highest BCUT2D eigenvalue weighted by atomic mass is 32.3. The second-order valence-corrected chi connectivity index (χ2v) is 27.3. The van der Waals surface area contributed by atoms with Crippen LogP contribution in [0.3, 0.4) is 0 Å². The molecule has 0 spiro atoms. The summed E-state index contributed by atoms with van der Waals surface area (Å²) in [7, 11) is -4.87. The molecule has 0 bridgehead atoms. The first-order chi connectivity index (χ1) is 39.2. The number of fused-ring (bicyclic) bond motifs is 5. The number of hydrogen-bond donors (Lipinski definition) is 14. The van der Waals surface area contributed by atoms with Crippen LogP contribution < -0.4 is 0 Å². The zero-order valence-corrected chi connectivity index (χ0v) is 49.7. The third-order valence-electron chi connectivity index (χ3n) is 20.4. The molecule has 28 heteroatoms. The fourth-order valence-corrected chi connectivity index (χ4v) is 15.9. The van der Waals surface area contributed by atoms with Crippen LogP contribution in [-0.4, -0.2) is 257 Å². The molecule has 484 valence electrons. The van der Waals surface area contributed by atoms with Crippen molar-refractivity contribution in [3.8, 4) is 0 Å². The highest BCUT2D eigenvalue weighted by Crippen LogP contribution is 2.67. The number of aliphatic hydroxyl groups is 13. The number of hydrogen-bond acceptors (Lipinski definition) is 26. The quantitative estimate of drug-likeness (QED) is 0.0591. The number of rotatable bonds is 16. The number of ether oxygens (including phenoxy) is 10. The molecule has 5 aliphatic heterocycles. The van der Waals surface area contributed by atoms with Gasteiger partial charge in [0.25, 0.3) is 0 Å². The van der Waals surface area contributed by atoms with Gasteiger partial charge in [0.1, 0.15) is 91.6 Å². The zero-order valence-electron chi connectivity index (χ0n) is 48.9. The van der Waals surface area contributed by atoms with Gasteiger partial charge in [-0.1, -0.05) is 37.1 Å². The van der Waals surface area contributed by atoms with E-state index < -0.39 is 205 Å². The summed E-state index contributed by atoms with van der Waals surface area (Å²) in [5.74, 6) is -0.954. The van der Waals surface area contributed by atoms with E-state index in [0.29, 0.717) is 32.1 Å². The van der Waals surface area contributed by atoms with Crippen LogP contribution in [0.4, 0.5) is 0 Å². The predicted molar refractivity (Wildman–Crippen MR) is 285 cm³/mol. The predicted octanol–water partition coefficient (Wildman–Crippen LogP) is -1.94. The van der Waals surface area contributed by atoms with Gasteiger partial charge in [0.15, 0.2) is 31.5 Å². The van der Waals surface area contributed by atoms with Crippen molar-refractivity contribution in [2.45, 2.75) is 285 Å². The van der Waals surface area contributed by atoms with Gasteiger partial charge in [-0.2, -0.15) is 8.42 Å². The minimum atomic E-state index is -4.87. The van der Waals surface area contributed by atoms with E-state index in [-0.39, 0.29) is 37.0 Å². The van der Waals surface area contributed by atoms with E-state index in [9.17, 15) is 79.4 Å². The van der Waals surface area contributed by atoms with Crippen molar-refractivity contribution in [3.05, 3.63) is 23.3 Å². The lowest BCUT2D eigenvalue weighted by Crippen LogP contribution is -2.66. The molecule has 3 saturated carbocycles. The molecule has 8 fully saturated rings. The smallest absolute Gasteiger partial charge is 0.390 e. The topological polar surface area (TPSA) is 419 Å². The van der Waals surface area contributed by atoms with Crippen molar-refractivity contribution in [3.63, 3.8) is 0 Å². The van der Waals surface area contributed by atoms with Crippen molar-refractivity contribution in [1.29, 1.82) is 0 Å². The Morgan fingerprint density at radius 1 is 0.631 bits per heavy atom. The maximum atomic E-state index is 12.4. The van der Waals surface area contributed by atoms with Crippen LogP contribution in [0.2, 0.25) is 0 Å². The average Bonchev–Trinajstić information content (AvgIpc) is 1.36. The molecule has 34 atom stereocenters. The number of aliphatic hydroxyl groups excluding tert-OH is 12. The van der Waals surface area contributed by atoms with Crippen molar-refractivity contribution in [2.24, 2.45) is 34.5 Å². The van der Waals surface area contributed by atoms with E-state index in [1.807, 2.05) is 19.9 Å². The molecule has 9 rings (SSSR count). The monoisotopic (exact) mass is 1230 g/mol. The molecule has 5 heterocycles. The van der Waals surface area contributed by atoms with E-state index in [2.05, 4.69) is 19.9 Å². The van der Waals surface area contributed by atoms with Crippen molar-refractivity contribution < 1.29 is 131 Å². The maximum absolute atomic E-state index is 12.4. The fraction of sp³-hybridized carbons (Fsp3) is 0.929. The van der Waals surface area contributed by atoms with E-state index in [4.69, 9.17) is 51.6 Å². The molecule has 0 aromatic heterocycles. The minimum absolute atomic E-state index is 0.0113. The summed E-state index contributed by atoms with van der Waals surface area (Å²) in [4.78, 5) is 0. The van der Waals surface area contributed by atoms with Crippen LogP contribution in [0.1, 0.15) is 114 Å². The Labute approximate surface area is 489 Å². The van der Waals surface area contributed by atoms with Crippen LogP contribution in [0.15, 0.2) is 23.3 Å². The summed E-state index contributed by atoms with van der Waals surface area (Å²) in [6, 6.07) is 0. The Bertz CT molecular complexity index is 2420. The minimum Gasteiger partial charge on any atom is -0.390 e. The Kier molecular flexibility index (Phi) is 20.4. The first-order valence-electron chi connectivity index (χ1n) is 29.6. The molecule has 27 nitrogen and oxygen atoms in total. The van der Waals surface area contributed by atoms with Gasteiger partial charge in [-0.25, -0.2) is 4.18 Å². The third kappa shape index (κ3) is 12.9. The van der Waals surface area contributed by atoms with Gasteiger partial charge < -0.3 is 114 Å². The van der Waals surface area contributed by atoms with E-state index in [0.717, 1.165) is 11.1 Å². The first-order valence-corrected chi connectivity index (χ1v) is 30.9. The molecule has 9 aliphatic rings. The van der Waals surface area contributed by atoms with Crippen LogP contribution in [0, 0.1) is 34.5 Å². The Hall–Kier alpha value is -1.57. The van der Waals surface area contributed by atoms with Gasteiger partial charge in [0.2, 0.25) is 0 Å². The van der Waals surface area contributed by atoms with Gasteiger partial charge in [0.05, 0.1) is 54.9 Å². The molecule has 0 aromatic carbocycles. The van der Waals surface area contributed by atoms with Gasteiger partial charge in [-0.3, -0.25) is 4.55 Å². The summed E-state index contributed by atoms with van der Waals surface area (Å²) in [5.41, 5.74) is -0.400. The van der Waals surface area contributed by atoms with Crippen molar-refractivity contribution >= 4 is 10.4 Å². The van der Waals surface area contributed by atoms with Gasteiger partial charge >= 0.3 is 10.4 Å². The molecule has 0 radical (unpaired) electrons. The second-order valence-electron chi connectivity index (χ2n) is 26.2. The van der Waals surface area contributed by atoms with E-state index >= 15 is 0 Å². The SMILES string of the molecule is CC(C)=CC[C@H](O)[C@](C)(O)[C@H]1CC[C@H]2[C@@H]3C[C@H](O[C@@H]4O[C@H](C)[C@@H](O)[C@H](O[C@@H]5OC[C@@H](O[C@@H]6O[C@H](C)[C@@H](O)[C@H](O)[C@H]6O[C@@H]6O[C@H](C)[C@H](O)[C@H](O)[C@H]6O)[C@H](O)[C@H]5O[C@@H]5O[C@H](C)[C@@H](O)[C@H](O)[C@H]5O)[C@H]4O)[C@H]4C[C@@H](OS(=O)(=O)O)CC[C@]4(C)C3=CC[C@]12C. The molecular weight excluding hydrogens is 1140 g/mol. The Morgan fingerprint density at radius 2 is 1.14 bits per heavy atom. The Morgan fingerprint density at radius 3 is 1.71 bits per heavy atom. The lowest BCUT2D eigenvalue weighted by Gasteiger charge is -2.60. The van der Waals surface area contributed by atoms with Crippen LogP contribution >= 0.6 is 0 Å². The third-order valence-corrected chi connectivity index (χ3v) is 21.0. The molecule has 4 aliphatic carbocycles. The Balaban J connectivity index is 0.981. The highest BCUT2D eigenvalue weighted by Gasteiger charge is 2.64. The zero-order chi connectivity index (χ0) is 61.6. The normalized spacial score (nSPS) is 52.0. The van der Waals surface area contributed by atoms with Gasteiger partial charge in [-0.05, 0) is 134 Å². The van der Waals surface area contributed by atoms with E-state index in [1.165, 1.54) is 27.7 Å². The number of allylic oxidation sites excluding steroid dienone is 3. The summed E-state index contributed by atoms with van der Waals surface area (Å²) in [5, 5.41) is 147. The van der Waals surface area contributed by atoms with Gasteiger partial charge in [0, 0.05) is 0 Å². The lowest BCUT2D eigenvalue weighted by molar-refractivity contribution is -0.397. The summed E-state index contributed by atoms with van der Waals surface area (Å²) < 4.78 is 101. The summed E-state index contributed by atoms with van der Waals surface area (Å²) >= 11 is 0. The molecule has 0 unspecified atom stereocenters. The maximum Gasteiger partial charge on any atom is 0.397 e. The molecule has 14 N–H and O–H groups in total. The summed E-state index contributed by atoms with van der Waals surface area (Å²) in [6.07, 6.45) is -34.5. The molecule has 5 saturated heterocycles. The molecular formula is C56H92O27S. The lowest BCUT2D eigenvalue weighted by atomic mass is 9.47. The first kappa shape index (κ1) is 66.8. The highest BCUT2D eigenvalue weighted by molar-refractivity contribution is 7.80. The van der Waals surface area contributed by atoms with Gasteiger partial charge in [-0.15, -0.1) is 0 Å². The largest absolute Gasteiger partial charge is 0.397 e. The van der Waals surface area contributed by atoms with Crippen LogP contribution in [-0.2, 0) is 62.0 Å². The second kappa shape index (κ2) is 25.6. The standard InChI is InChI=1S/C56H92O27S/c1-21(2)10-13-34(57)56(9,69)33-12-11-28-27-19-31(30-18-26(83-84(70,71)72)14-16-54(30,7)29(27)15-17-55(28,33)8)78-51-45(68)46(38(61)25(6)76-51)80-52-47(81-49-43(66)40(63)35(58)22(3)74-49)39(62)32(20-73-52)79-53-48(42(65)37(60)24(5)77-53)82-50-44(67)41(64)36(59)23(4)75-50/h10,15,22-28,30-53,57-69H,11-14,16-20H2,1-9H3,(H,70,71,72)/t22-,23-,24-,25-,26+,27+,28+,30-,31+,32-,33+,34+,35-,36+,37-,38-,39+,40+,41+,42+,43-,44-,45-,46+,47-,48-,49+,50+,51+,52+,53+,54-,55+,56-/m1/s1. The molecule has 84 heavy (non-hydrogen) atoms. The summed E-state index contributed by atoms with van der Waals surface area (Å²) in [6.45, 7) is 14.9. The van der Waals surface area contributed by atoms with E-state index in [1.54, 1.807) is 6.92 Å². The van der Waals surface area contributed by atoms with Crippen LogP contribution in [0.5, 0.6) is 0 Å². The van der Waals surface area contributed by atoms with Crippen molar-refractivity contribution in [2.75, 3.05) is 6.61 Å². The average molecular weight is 1230 g/mol. The fourth-order valence-electron chi connectivity index (χ4n) is 15.4. The molecule has 0 amide bonds. The van der Waals surface area contributed by atoms with Crippen LogP contribution in [0.25, 0.3) is 0 Å². The molecule has 0 aromatic rings. The van der Waals surface area contributed by atoms with Crippen molar-refractivity contribution in [1.82, 2.24) is 0 Å².